The maximum Gasteiger partial charge on any atom is 0.257 e. The third kappa shape index (κ3) is 7.50. The summed E-state index contributed by atoms with van der Waals surface area (Å²) in [6.45, 7) is 4.73. The van der Waals surface area contributed by atoms with Crippen LogP contribution in [0.15, 0.2) is 42.6 Å². The van der Waals surface area contributed by atoms with Crippen LogP contribution in [-0.2, 0) is 25.5 Å². The summed E-state index contributed by atoms with van der Waals surface area (Å²) in [5.41, 5.74) is 1.52. The van der Waals surface area contributed by atoms with Gasteiger partial charge in [-0.1, -0.05) is 13.0 Å². The Bertz CT molecular complexity index is 1080. The Balaban J connectivity index is 1.93. The van der Waals surface area contributed by atoms with Crippen LogP contribution in [0.2, 0.25) is 0 Å². The van der Waals surface area contributed by atoms with Gasteiger partial charge in [0.2, 0.25) is 11.8 Å². The number of pyridine rings is 1. The first-order chi connectivity index (χ1) is 17.7. The number of anilines is 1. The fourth-order valence-corrected chi connectivity index (χ4v) is 4.28. The quantitative estimate of drug-likeness (QED) is 0.632. The molecule has 200 valence electrons. The minimum Gasteiger partial charge on any atom is -0.491 e. The van der Waals surface area contributed by atoms with E-state index in [1.807, 2.05) is 32.0 Å². The molecule has 2 aromatic rings. The summed E-state index contributed by atoms with van der Waals surface area (Å²) in [5, 5.41) is 2.73. The average molecular weight is 513 g/mol. The molecule has 0 unspecified atom stereocenters. The molecule has 3 amide bonds. The van der Waals surface area contributed by atoms with E-state index in [-0.39, 0.29) is 55.4 Å². The van der Waals surface area contributed by atoms with Crippen molar-refractivity contribution in [2.75, 3.05) is 52.9 Å². The number of amides is 3. The molecule has 0 spiro atoms. The fourth-order valence-electron chi connectivity index (χ4n) is 4.28. The van der Waals surface area contributed by atoms with Gasteiger partial charge in [-0.05, 0) is 31.2 Å². The normalized spacial score (nSPS) is 20.8. The zero-order chi connectivity index (χ0) is 26.9. The van der Waals surface area contributed by atoms with Crippen molar-refractivity contribution in [3.05, 3.63) is 53.9 Å². The molecule has 0 bridgehead atoms. The number of likely N-dealkylation sites (N-methyl/N-ethyl adjacent to an activating group) is 1. The van der Waals surface area contributed by atoms with Gasteiger partial charge in [-0.25, -0.2) is 0 Å². The molecule has 1 aromatic carbocycles. The second kappa shape index (κ2) is 13.2. The number of fused-ring (bicyclic) bond motifs is 1. The molecule has 3 atom stereocenters. The van der Waals surface area contributed by atoms with E-state index in [0.29, 0.717) is 35.8 Å². The van der Waals surface area contributed by atoms with Gasteiger partial charge in [0.15, 0.2) is 0 Å². The molecule has 1 aliphatic heterocycles. The maximum atomic E-state index is 13.4. The van der Waals surface area contributed by atoms with E-state index in [4.69, 9.17) is 14.2 Å². The molecule has 2 heterocycles. The molecule has 10 nitrogen and oxygen atoms in total. The highest BCUT2D eigenvalue weighted by Crippen LogP contribution is 2.27. The molecule has 37 heavy (non-hydrogen) atoms. The Morgan fingerprint density at radius 2 is 1.95 bits per heavy atom. The summed E-state index contributed by atoms with van der Waals surface area (Å²) in [6, 6.07) is 10.1. The Morgan fingerprint density at radius 1 is 1.16 bits per heavy atom. The number of aromatic nitrogens is 1. The number of hydrogen-bond donors (Lipinski definition) is 1. The molecule has 3 rings (SSSR count). The SMILES string of the molecule is COCC(=O)Nc1ccc2c(c1)OC[C@H](C)N(C(=O)Cc1ccccn1)C[C@@H](C)[C@H](OC)CN(C)C2=O. The number of carbonyl (C=O) groups excluding carboxylic acids is 3. The largest absolute Gasteiger partial charge is 0.491 e. The minimum atomic E-state index is -0.323. The average Bonchev–Trinajstić information content (AvgIpc) is 2.88. The van der Waals surface area contributed by atoms with Crippen molar-refractivity contribution < 1.29 is 28.6 Å². The summed E-state index contributed by atoms with van der Waals surface area (Å²) in [5.74, 6) is -0.351. The number of rotatable bonds is 6. The fraction of sp³-hybridized carbons (Fsp3) is 0.481. The summed E-state index contributed by atoms with van der Waals surface area (Å²) in [6.07, 6.45) is 1.55. The van der Waals surface area contributed by atoms with Gasteiger partial charge in [-0.2, -0.15) is 0 Å². The summed E-state index contributed by atoms with van der Waals surface area (Å²) in [7, 11) is 4.75. The highest BCUT2D eigenvalue weighted by Gasteiger charge is 2.30. The summed E-state index contributed by atoms with van der Waals surface area (Å²) >= 11 is 0. The van der Waals surface area contributed by atoms with Crippen LogP contribution in [0, 0.1) is 5.92 Å². The zero-order valence-electron chi connectivity index (χ0n) is 22.1. The molecule has 0 saturated carbocycles. The number of hydrogen-bond acceptors (Lipinski definition) is 7. The number of ether oxygens (including phenoxy) is 3. The predicted molar refractivity (Wildman–Crippen MR) is 138 cm³/mol. The number of carbonyl (C=O) groups is 3. The number of nitrogens with zero attached hydrogens (tertiary/aromatic N) is 3. The van der Waals surface area contributed by atoms with Crippen molar-refractivity contribution in [2.24, 2.45) is 5.92 Å². The van der Waals surface area contributed by atoms with Crippen LogP contribution in [0.1, 0.15) is 29.9 Å². The van der Waals surface area contributed by atoms with Crippen molar-refractivity contribution in [1.29, 1.82) is 0 Å². The molecular formula is C27H36N4O6. The predicted octanol–water partition coefficient (Wildman–Crippen LogP) is 2.24. The Hall–Kier alpha value is -3.50. The lowest BCUT2D eigenvalue weighted by molar-refractivity contribution is -0.134. The van der Waals surface area contributed by atoms with Crippen molar-refractivity contribution in [2.45, 2.75) is 32.4 Å². The van der Waals surface area contributed by atoms with Gasteiger partial charge < -0.3 is 29.3 Å². The van der Waals surface area contributed by atoms with Crippen LogP contribution in [0.25, 0.3) is 0 Å². The van der Waals surface area contributed by atoms with E-state index < -0.39 is 0 Å². The molecule has 0 aliphatic carbocycles. The van der Waals surface area contributed by atoms with Gasteiger partial charge in [0, 0.05) is 63.9 Å². The molecule has 10 heteroatoms. The molecule has 0 saturated heterocycles. The second-order valence-electron chi connectivity index (χ2n) is 9.33. The van der Waals surface area contributed by atoms with Gasteiger partial charge in [0.1, 0.15) is 19.0 Å². The van der Waals surface area contributed by atoms with Crippen molar-refractivity contribution in [1.82, 2.24) is 14.8 Å². The molecule has 1 aromatic heterocycles. The van der Waals surface area contributed by atoms with E-state index in [9.17, 15) is 14.4 Å². The first kappa shape index (κ1) is 28.1. The Morgan fingerprint density at radius 3 is 2.62 bits per heavy atom. The van der Waals surface area contributed by atoms with Gasteiger partial charge in [0.25, 0.3) is 5.91 Å². The van der Waals surface area contributed by atoms with Crippen molar-refractivity contribution in [3.8, 4) is 5.75 Å². The molecule has 0 radical (unpaired) electrons. The Kier molecular flexibility index (Phi) is 9.99. The third-order valence-corrected chi connectivity index (χ3v) is 6.38. The van der Waals surface area contributed by atoms with Crippen LogP contribution >= 0.6 is 0 Å². The van der Waals surface area contributed by atoms with E-state index in [2.05, 4.69) is 10.3 Å². The number of benzene rings is 1. The number of nitrogens with one attached hydrogen (secondary N) is 1. The molecular weight excluding hydrogens is 476 g/mol. The van der Waals surface area contributed by atoms with Gasteiger partial charge in [-0.3, -0.25) is 19.4 Å². The lowest BCUT2D eigenvalue weighted by Crippen LogP contribution is -2.49. The number of methoxy groups -OCH3 is 2. The van der Waals surface area contributed by atoms with Crippen LogP contribution in [-0.4, -0.2) is 92.2 Å². The van der Waals surface area contributed by atoms with Gasteiger partial charge >= 0.3 is 0 Å². The topological polar surface area (TPSA) is 110 Å². The monoisotopic (exact) mass is 512 g/mol. The molecule has 0 fully saturated rings. The lowest BCUT2D eigenvalue weighted by Gasteiger charge is -2.36. The molecule has 1 N–H and O–H groups in total. The second-order valence-corrected chi connectivity index (χ2v) is 9.33. The van der Waals surface area contributed by atoms with E-state index >= 15 is 0 Å². The first-order valence-corrected chi connectivity index (χ1v) is 12.3. The van der Waals surface area contributed by atoms with Crippen LogP contribution in [0.4, 0.5) is 5.69 Å². The van der Waals surface area contributed by atoms with Crippen molar-refractivity contribution in [3.63, 3.8) is 0 Å². The van der Waals surface area contributed by atoms with Crippen LogP contribution < -0.4 is 10.1 Å². The summed E-state index contributed by atoms with van der Waals surface area (Å²) < 4.78 is 16.7. The van der Waals surface area contributed by atoms with E-state index in [1.54, 1.807) is 48.4 Å². The van der Waals surface area contributed by atoms with Crippen LogP contribution in [0.3, 0.4) is 0 Å². The van der Waals surface area contributed by atoms with Crippen LogP contribution in [0.5, 0.6) is 5.75 Å². The first-order valence-electron chi connectivity index (χ1n) is 12.3. The smallest absolute Gasteiger partial charge is 0.257 e. The van der Waals surface area contributed by atoms with Crippen molar-refractivity contribution >= 4 is 23.4 Å². The van der Waals surface area contributed by atoms with E-state index in [1.165, 1.54) is 7.11 Å². The van der Waals surface area contributed by atoms with E-state index in [0.717, 1.165) is 0 Å². The minimum absolute atomic E-state index is 0.0485. The highest BCUT2D eigenvalue weighted by molar-refractivity contribution is 5.98. The molecule has 1 aliphatic rings. The zero-order valence-corrected chi connectivity index (χ0v) is 22.1. The Labute approximate surface area is 217 Å². The summed E-state index contributed by atoms with van der Waals surface area (Å²) in [4.78, 5) is 46.4. The van der Waals surface area contributed by atoms with Gasteiger partial charge in [-0.15, -0.1) is 0 Å². The standard InChI is InChI=1S/C27H36N4O6/c1-18-14-31(26(33)13-20-8-6-7-11-28-20)19(2)16-37-23-12-21(29-25(32)17-35-4)9-10-22(23)27(34)30(3)15-24(18)36-5/h6-12,18-19,24H,13-17H2,1-5H3,(H,29,32)/t18-,19+,24-/m1/s1. The highest BCUT2D eigenvalue weighted by atomic mass is 16.5. The van der Waals surface area contributed by atoms with Gasteiger partial charge in [0.05, 0.1) is 24.1 Å². The third-order valence-electron chi connectivity index (χ3n) is 6.38. The maximum absolute atomic E-state index is 13.4. The lowest BCUT2D eigenvalue weighted by atomic mass is 10.0.